The Morgan fingerprint density at radius 2 is 1.76 bits per heavy atom. The minimum Gasteiger partial charge on any atom is -0.370 e. The first-order chi connectivity index (χ1) is 12.0. The molecular formula is C18H17Cl2N3OS. The van der Waals surface area contributed by atoms with Crippen LogP contribution in [0.3, 0.4) is 0 Å². The van der Waals surface area contributed by atoms with Gasteiger partial charge in [-0.15, -0.1) is 0 Å². The highest BCUT2D eigenvalue weighted by Gasteiger charge is 2.16. The standard InChI is InChI=1S/C18H17Cl2N3OS/c19-14-6-2-1-5-13(14)17(24)22-18(25)21-12-7-8-16(15(20)11-12)23-9-3-4-10-23/h1-2,5-8,11H,3-4,9-10H2,(H2,21,22,24,25). The van der Waals surface area contributed by atoms with Gasteiger partial charge in [0.15, 0.2) is 5.11 Å². The summed E-state index contributed by atoms with van der Waals surface area (Å²) < 4.78 is 0. The SMILES string of the molecule is O=C(NC(=S)Nc1ccc(N2CCCC2)c(Cl)c1)c1ccccc1Cl. The minimum absolute atomic E-state index is 0.190. The first-order valence-electron chi connectivity index (χ1n) is 7.96. The summed E-state index contributed by atoms with van der Waals surface area (Å²) in [5, 5.41) is 6.82. The van der Waals surface area contributed by atoms with Gasteiger partial charge in [-0.3, -0.25) is 10.1 Å². The van der Waals surface area contributed by atoms with Crippen LogP contribution in [0.2, 0.25) is 10.0 Å². The topological polar surface area (TPSA) is 44.4 Å². The summed E-state index contributed by atoms with van der Waals surface area (Å²) in [6.45, 7) is 2.05. The molecule has 0 bridgehead atoms. The highest BCUT2D eigenvalue weighted by atomic mass is 35.5. The summed E-state index contributed by atoms with van der Waals surface area (Å²) in [5.74, 6) is -0.358. The molecule has 1 aliphatic rings. The number of hydrogen-bond acceptors (Lipinski definition) is 3. The third kappa shape index (κ3) is 4.42. The molecule has 0 unspecified atom stereocenters. The number of carbonyl (C=O) groups is 1. The number of benzene rings is 2. The predicted octanol–water partition coefficient (Wildman–Crippen LogP) is 4.72. The Hall–Kier alpha value is -1.82. The van der Waals surface area contributed by atoms with E-state index >= 15 is 0 Å². The zero-order valence-electron chi connectivity index (χ0n) is 13.4. The number of rotatable bonds is 3. The Morgan fingerprint density at radius 1 is 1.04 bits per heavy atom. The number of hydrogen-bond donors (Lipinski definition) is 2. The molecule has 0 aromatic heterocycles. The van der Waals surface area contributed by atoms with Crippen molar-refractivity contribution in [3.63, 3.8) is 0 Å². The molecule has 0 radical (unpaired) electrons. The van der Waals surface area contributed by atoms with Crippen molar-refractivity contribution in [3.05, 3.63) is 58.1 Å². The minimum atomic E-state index is -0.358. The fourth-order valence-electron chi connectivity index (χ4n) is 2.78. The normalized spacial score (nSPS) is 13.6. The van der Waals surface area contributed by atoms with Crippen LogP contribution in [0.1, 0.15) is 23.2 Å². The molecule has 1 saturated heterocycles. The second-order valence-electron chi connectivity index (χ2n) is 5.75. The van der Waals surface area contributed by atoms with E-state index in [-0.39, 0.29) is 11.0 Å². The van der Waals surface area contributed by atoms with Crippen LogP contribution in [0.25, 0.3) is 0 Å². The van der Waals surface area contributed by atoms with Crippen molar-refractivity contribution in [2.24, 2.45) is 0 Å². The lowest BCUT2D eigenvalue weighted by Gasteiger charge is -2.20. The average molecular weight is 394 g/mol. The second kappa shape index (κ2) is 8.04. The van der Waals surface area contributed by atoms with Gasteiger partial charge in [0.05, 0.1) is 21.3 Å². The van der Waals surface area contributed by atoms with Gasteiger partial charge in [0.25, 0.3) is 5.91 Å². The van der Waals surface area contributed by atoms with Crippen LogP contribution in [0.15, 0.2) is 42.5 Å². The van der Waals surface area contributed by atoms with Crippen LogP contribution >= 0.6 is 35.4 Å². The van der Waals surface area contributed by atoms with Crippen molar-refractivity contribution in [1.29, 1.82) is 0 Å². The van der Waals surface area contributed by atoms with E-state index in [9.17, 15) is 4.79 Å². The second-order valence-corrected chi connectivity index (χ2v) is 6.97. The predicted molar refractivity (Wildman–Crippen MR) is 108 cm³/mol. The van der Waals surface area contributed by atoms with E-state index in [2.05, 4.69) is 15.5 Å². The molecule has 25 heavy (non-hydrogen) atoms. The third-order valence-electron chi connectivity index (χ3n) is 4.00. The van der Waals surface area contributed by atoms with Crippen LogP contribution in [0.4, 0.5) is 11.4 Å². The number of nitrogens with zero attached hydrogens (tertiary/aromatic N) is 1. The first-order valence-corrected chi connectivity index (χ1v) is 9.12. The van der Waals surface area contributed by atoms with Crippen LogP contribution < -0.4 is 15.5 Å². The first kappa shape index (κ1) is 18.0. The molecule has 3 rings (SSSR count). The molecule has 0 saturated carbocycles. The van der Waals surface area contributed by atoms with Crippen molar-refractivity contribution < 1.29 is 4.79 Å². The van der Waals surface area contributed by atoms with Crippen molar-refractivity contribution in [2.75, 3.05) is 23.3 Å². The quantitative estimate of drug-likeness (QED) is 0.740. The maximum Gasteiger partial charge on any atom is 0.258 e. The summed E-state index contributed by atoms with van der Waals surface area (Å²) in [6.07, 6.45) is 2.38. The molecule has 1 fully saturated rings. The Kier molecular flexibility index (Phi) is 5.78. The molecule has 2 aromatic rings. The molecule has 2 N–H and O–H groups in total. The van der Waals surface area contributed by atoms with Crippen LogP contribution in [0, 0.1) is 0 Å². The molecule has 2 aromatic carbocycles. The fraction of sp³-hybridized carbons (Fsp3) is 0.222. The van der Waals surface area contributed by atoms with Gasteiger partial charge < -0.3 is 10.2 Å². The molecule has 1 amide bonds. The highest BCUT2D eigenvalue weighted by Crippen LogP contribution is 2.31. The maximum atomic E-state index is 12.2. The van der Waals surface area contributed by atoms with Gasteiger partial charge >= 0.3 is 0 Å². The zero-order chi connectivity index (χ0) is 17.8. The van der Waals surface area contributed by atoms with E-state index in [0.717, 1.165) is 24.5 Å². The van der Waals surface area contributed by atoms with E-state index in [1.54, 1.807) is 24.3 Å². The Morgan fingerprint density at radius 3 is 2.44 bits per heavy atom. The average Bonchev–Trinajstić information content (AvgIpc) is 3.09. The number of thiocarbonyl (C=S) groups is 1. The monoisotopic (exact) mass is 393 g/mol. The van der Waals surface area contributed by atoms with Crippen LogP contribution in [-0.4, -0.2) is 24.1 Å². The maximum absolute atomic E-state index is 12.2. The van der Waals surface area contributed by atoms with Gasteiger partial charge in [-0.25, -0.2) is 0 Å². The molecule has 7 heteroatoms. The highest BCUT2D eigenvalue weighted by molar-refractivity contribution is 7.80. The molecular weight excluding hydrogens is 377 g/mol. The number of halogens is 2. The Balaban J connectivity index is 1.64. The van der Waals surface area contributed by atoms with Crippen LogP contribution in [-0.2, 0) is 0 Å². The summed E-state index contributed by atoms with van der Waals surface area (Å²) in [5.41, 5.74) is 2.11. The molecule has 0 atom stereocenters. The number of nitrogens with one attached hydrogen (secondary N) is 2. The van der Waals surface area contributed by atoms with Gasteiger partial charge in [-0.2, -0.15) is 0 Å². The lowest BCUT2D eigenvalue weighted by atomic mass is 10.2. The third-order valence-corrected chi connectivity index (χ3v) is 4.83. The number of anilines is 2. The Labute approximate surface area is 162 Å². The summed E-state index contributed by atoms with van der Waals surface area (Å²) in [4.78, 5) is 14.5. The van der Waals surface area contributed by atoms with E-state index in [1.165, 1.54) is 12.8 Å². The largest absolute Gasteiger partial charge is 0.370 e. The van der Waals surface area contributed by atoms with Crippen molar-refractivity contribution in [3.8, 4) is 0 Å². The fourth-order valence-corrected chi connectivity index (χ4v) is 3.51. The summed E-state index contributed by atoms with van der Waals surface area (Å²) in [7, 11) is 0. The zero-order valence-corrected chi connectivity index (χ0v) is 15.7. The van der Waals surface area contributed by atoms with Gasteiger partial charge in [-0.1, -0.05) is 35.3 Å². The smallest absolute Gasteiger partial charge is 0.258 e. The summed E-state index contributed by atoms with van der Waals surface area (Å²) >= 11 is 17.6. The van der Waals surface area contributed by atoms with Crippen molar-refractivity contribution >= 4 is 57.8 Å². The Bertz CT molecular complexity index is 807. The van der Waals surface area contributed by atoms with Crippen LogP contribution in [0.5, 0.6) is 0 Å². The van der Waals surface area contributed by atoms with Gasteiger partial charge in [0.2, 0.25) is 0 Å². The van der Waals surface area contributed by atoms with E-state index < -0.39 is 0 Å². The van der Waals surface area contributed by atoms with E-state index in [4.69, 9.17) is 35.4 Å². The molecule has 1 heterocycles. The van der Waals surface area contributed by atoms with E-state index in [1.807, 2.05) is 18.2 Å². The van der Waals surface area contributed by atoms with Gasteiger partial charge in [-0.05, 0) is 55.4 Å². The number of amides is 1. The lowest BCUT2D eigenvalue weighted by Crippen LogP contribution is -2.34. The lowest BCUT2D eigenvalue weighted by molar-refractivity contribution is 0.0978. The number of carbonyl (C=O) groups excluding carboxylic acids is 1. The molecule has 4 nitrogen and oxygen atoms in total. The van der Waals surface area contributed by atoms with Crippen molar-refractivity contribution in [2.45, 2.75) is 12.8 Å². The summed E-state index contributed by atoms with van der Waals surface area (Å²) in [6, 6.07) is 12.5. The molecule has 1 aliphatic heterocycles. The molecule has 130 valence electrons. The van der Waals surface area contributed by atoms with Gasteiger partial charge in [0.1, 0.15) is 0 Å². The van der Waals surface area contributed by atoms with Gasteiger partial charge in [0, 0.05) is 18.8 Å². The van der Waals surface area contributed by atoms with E-state index in [0.29, 0.717) is 15.6 Å². The molecule has 0 spiro atoms. The molecule has 0 aliphatic carbocycles. The van der Waals surface area contributed by atoms with Crippen molar-refractivity contribution in [1.82, 2.24) is 5.32 Å².